The van der Waals surface area contributed by atoms with Crippen LogP contribution in [0.3, 0.4) is 0 Å². The van der Waals surface area contributed by atoms with E-state index in [0.29, 0.717) is 0 Å². The zero-order valence-corrected chi connectivity index (χ0v) is 10.1. The number of carboxylic acids is 1. The zero-order chi connectivity index (χ0) is 13.0. The molecule has 1 aromatic rings. The number of furan rings is 1. The third-order valence-electron chi connectivity index (χ3n) is 3.41. The van der Waals surface area contributed by atoms with Gasteiger partial charge in [-0.3, -0.25) is 9.59 Å². The SMILES string of the molecule is O=C(O)C[C@@H]1CCCC[C@@H]1NC(=O)c1ccco1. The summed E-state index contributed by atoms with van der Waals surface area (Å²) in [7, 11) is 0. The summed E-state index contributed by atoms with van der Waals surface area (Å²) in [5.41, 5.74) is 0. The lowest BCUT2D eigenvalue weighted by Gasteiger charge is -2.30. The van der Waals surface area contributed by atoms with Crippen molar-refractivity contribution in [1.29, 1.82) is 0 Å². The molecular weight excluding hydrogens is 234 g/mol. The summed E-state index contributed by atoms with van der Waals surface area (Å²) in [5.74, 6) is -0.772. The number of rotatable bonds is 4. The Morgan fingerprint density at radius 1 is 1.39 bits per heavy atom. The fourth-order valence-electron chi connectivity index (χ4n) is 2.51. The minimum absolute atomic E-state index is 0.0233. The monoisotopic (exact) mass is 251 g/mol. The molecule has 0 bridgehead atoms. The van der Waals surface area contributed by atoms with E-state index in [-0.39, 0.29) is 30.0 Å². The van der Waals surface area contributed by atoms with Gasteiger partial charge in [0.05, 0.1) is 12.7 Å². The summed E-state index contributed by atoms with van der Waals surface area (Å²) in [6, 6.07) is 3.20. The van der Waals surface area contributed by atoms with E-state index in [9.17, 15) is 9.59 Å². The fourth-order valence-corrected chi connectivity index (χ4v) is 2.51. The molecule has 1 saturated carbocycles. The molecule has 2 rings (SSSR count). The molecule has 98 valence electrons. The predicted molar refractivity (Wildman–Crippen MR) is 64.2 cm³/mol. The van der Waals surface area contributed by atoms with Crippen molar-refractivity contribution in [2.75, 3.05) is 0 Å². The molecule has 0 aromatic carbocycles. The van der Waals surface area contributed by atoms with E-state index in [4.69, 9.17) is 9.52 Å². The van der Waals surface area contributed by atoms with E-state index < -0.39 is 5.97 Å². The molecule has 0 spiro atoms. The molecule has 1 aliphatic carbocycles. The van der Waals surface area contributed by atoms with Gasteiger partial charge in [0.1, 0.15) is 0 Å². The molecule has 5 heteroatoms. The van der Waals surface area contributed by atoms with Crippen LogP contribution in [0.25, 0.3) is 0 Å². The Bertz CT molecular complexity index is 413. The van der Waals surface area contributed by atoms with E-state index >= 15 is 0 Å². The van der Waals surface area contributed by atoms with Gasteiger partial charge in [0.15, 0.2) is 5.76 Å². The van der Waals surface area contributed by atoms with Crippen LogP contribution in [0.2, 0.25) is 0 Å². The van der Waals surface area contributed by atoms with Crippen molar-refractivity contribution in [3.8, 4) is 0 Å². The molecule has 2 atom stereocenters. The first-order valence-electron chi connectivity index (χ1n) is 6.23. The number of carboxylic acid groups (broad SMARTS) is 1. The van der Waals surface area contributed by atoms with Crippen molar-refractivity contribution in [3.63, 3.8) is 0 Å². The van der Waals surface area contributed by atoms with Gasteiger partial charge in [0.25, 0.3) is 5.91 Å². The standard InChI is InChI=1S/C13H17NO4/c15-12(16)8-9-4-1-2-5-10(9)14-13(17)11-6-3-7-18-11/h3,6-7,9-10H,1-2,4-5,8H2,(H,14,17)(H,15,16)/t9-,10-/m0/s1. The van der Waals surface area contributed by atoms with Crippen molar-refractivity contribution >= 4 is 11.9 Å². The molecule has 2 N–H and O–H groups in total. The van der Waals surface area contributed by atoms with E-state index in [1.807, 2.05) is 0 Å². The summed E-state index contributed by atoms with van der Waals surface area (Å²) in [6.07, 6.45) is 5.32. The number of aliphatic carboxylic acids is 1. The first-order valence-corrected chi connectivity index (χ1v) is 6.23. The van der Waals surface area contributed by atoms with Crippen LogP contribution >= 0.6 is 0 Å². The van der Waals surface area contributed by atoms with Crippen LogP contribution in [0.4, 0.5) is 0 Å². The Labute approximate surface area is 105 Å². The lowest BCUT2D eigenvalue weighted by atomic mass is 9.82. The van der Waals surface area contributed by atoms with Gasteiger partial charge in [-0.1, -0.05) is 12.8 Å². The van der Waals surface area contributed by atoms with Crippen molar-refractivity contribution in [2.45, 2.75) is 38.1 Å². The van der Waals surface area contributed by atoms with Gasteiger partial charge in [-0.05, 0) is 30.9 Å². The number of amides is 1. The van der Waals surface area contributed by atoms with Gasteiger partial charge in [0.2, 0.25) is 0 Å². The Kier molecular flexibility index (Phi) is 4.02. The smallest absolute Gasteiger partial charge is 0.303 e. The number of carbonyl (C=O) groups excluding carboxylic acids is 1. The molecule has 1 aromatic heterocycles. The maximum Gasteiger partial charge on any atom is 0.303 e. The Hall–Kier alpha value is -1.78. The van der Waals surface area contributed by atoms with E-state index in [0.717, 1.165) is 25.7 Å². The van der Waals surface area contributed by atoms with Gasteiger partial charge in [0, 0.05) is 6.04 Å². The third kappa shape index (κ3) is 3.12. The summed E-state index contributed by atoms with van der Waals surface area (Å²) in [5, 5.41) is 11.8. The summed E-state index contributed by atoms with van der Waals surface area (Å²) < 4.78 is 5.02. The minimum atomic E-state index is -0.806. The summed E-state index contributed by atoms with van der Waals surface area (Å²) in [6.45, 7) is 0. The maximum atomic E-state index is 11.9. The van der Waals surface area contributed by atoms with Crippen LogP contribution in [0, 0.1) is 5.92 Å². The molecule has 1 amide bonds. The van der Waals surface area contributed by atoms with E-state index in [1.54, 1.807) is 12.1 Å². The molecule has 1 fully saturated rings. The zero-order valence-electron chi connectivity index (χ0n) is 10.1. The van der Waals surface area contributed by atoms with E-state index in [1.165, 1.54) is 6.26 Å². The second kappa shape index (κ2) is 5.71. The molecule has 0 aliphatic heterocycles. The van der Waals surface area contributed by atoms with Gasteiger partial charge >= 0.3 is 5.97 Å². The molecule has 0 radical (unpaired) electrons. The lowest BCUT2D eigenvalue weighted by molar-refractivity contribution is -0.138. The van der Waals surface area contributed by atoms with Gasteiger partial charge in [-0.25, -0.2) is 0 Å². The van der Waals surface area contributed by atoms with Crippen LogP contribution in [-0.4, -0.2) is 23.0 Å². The number of nitrogens with one attached hydrogen (secondary N) is 1. The third-order valence-corrected chi connectivity index (χ3v) is 3.41. The lowest BCUT2D eigenvalue weighted by Crippen LogP contribution is -2.42. The Morgan fingerprint density at radius 3 is 2.83 bits per heavy atom. The highest BCUT2D eigenvalue weighted by molar-refractivity contribution is 5.91. The molecular formula is C13H17NO4. The van der Waals surface area contributed by atoms with Crippen LogP contribution in [0.5, 0.6) is 0 Å². The number of hydrogen-bond donors (Lipinski definition) is 2. The highest BCUT2D eigenvalue weighted by Gasteiger charge is 2.28. The summed E-state index contributed by atoms with van der Waals surface area (Å²) in [4.78, 5) is 22.6. The van der Waals surface area contributed by atoms with Crippen molar-refractivity contribution < 1.29 is 19.1 Å². The van der Waals surface area contributed by atoms with Crippen molar-refractivity contribution in [3.05, 3.63) is 24.2 Å². The molecule has 1 heterocycles. The van der Waals surface area contributed by atoms with Crippen molar-refractivity contribution in [1.82, 2.24) is 5.32 Å². The predicted octanol–water partition coefficient (Wildman–Crippen LogP) is 2.04. The van der Waals surface area contributed by atoms with Gasteiger partial charge in [-0.2, -0.15) is 0 Å². The number of hydrogen-bond acceptors (Lipinski definition) is 3. The minimum Gasteiger partial charge on any atom is -0.481 e. The van der Waals surface area contributed by atoms with Crippen LogP contribution in [-0.2, 0) is 4.79 Å². The Morgan fingerprint density at radius 2 is 2.17 bits per heavy atom. The highest BCUT2D eigenvalue weighted by Crippen LogP contribution is 2.27. The molecule has 0 saturated heterocycles. The first kappa shape index (κ1) is 12.7. The average Bonchev–Trinajstić information content (AvgIpc) is 2.84. The fraction of sp³-hybridized carbons (Fsp3) is 0.538. The molecule has 5 nitrogen and oxygen atoms in total. The second-order valence-corrected chi connectivity index (χ2v) is 4.70. The molecule has 18 heavy (non-hydrogen) atoms. The largest absolute Gasteiger partial charge is 0.481 e. The van der Waals surface area contributed by atoms with E-state index in [2.05, 4.69) is 5.32 Å². The average molecular weight is 251 g/mol. The Balaban J connectivity index is 1.97. The van der Waals surface area contributed by atoms with Gasteiger partial charge < -0.3 is 14.8 Å². The topological polar surface area (TPSA) is 79.5 Å². The second-order valence-electron chi connectivity index (χ2n) is 4.70. The quantitative estimate of drug-likeness (QED) is 0.858. The maximum absolute atomic E-state index is 11.9. The number of carbonyl (C=O) groups is 2. The van der Waals surface area contributed by atoms with Gasteiger partial charge in [-0.15, -0.1) is 0 Å². The first-order chi connectivity index (χ1) is 8.66. The van der Waals surface area contributed by atoms with Crippen LogP contribution in [0.1, 0.15) is 42.7 Å². The highest BCUT2D eigenvalue weighted by atomic mass is 16.4. The van der Waals surface area contributed by atoms with Crippen molar-refractivity contribution in [2.24, 2.45) is 5.92 Å². The van der Waals surface area contributed by atoms with Crippen LogP contribution < -0.4 is 5.32 Å². The summed E-state index contributed by atoms with van der Waals surface area (Å²) >= 11 is 0. The van der Waals surface area contributed by atoms with Crippen LogP contribution in [0.15, 0.2) is 22.8 Å². The normalized spacial score (nSPS) is 23.6. The molecule has 0 unspecified atom stereocenters. The molecule has 1 aliphatic rings.